The summed E-state index contributed by atoms with van der Waals surface area (Å²) in [5.74, 6) is 0.182. The second kappa shape index (κ2) is 7.27. The summed E-state index contributed by atoms with van der Waals surface area (Å²) in [7, 11) is -3.73. The van der Waals surface area contributed by atoms with E-state index in [1.807, 2.05) is 0 Å². The van der Waals surface area contributed by atoms with Crippen LogP contribution in [0.1, 0.15) is 54.4 Å². The van der Waals surface area contributed by atoms with Crippen LogP contribution in [0.25, 0.3) is 0 Å². The van der Waals surface area contributed by atoms with Gasteiger partial charge < -0.3 is 13.8 Å². The molecule has 0 saturated carbocycles. The summed E-state index contributed by atoms with van der Waals surface area (Å²) >= 11 is 0. The van der Waals surface area contributed by atoms with Gasteiger partial charge in [-0.05, 0) is 29.6 Å². The lowest BCUT2D eigenvalue weighted by molar-refractivity contribution is -0.149. The molecule has 1 rings (SSSR count). The molecule has 0 aliphatic carbocycles. The number of nitrogens with zero attached hydrogens (tertiary/aromatic N) is 1. The van der Waals surface area contributed by atoms with E-state index >= 15 is 0 Å². The van der Waals surface area contributed by atoms with Crippen LogP contribution >= 0.6 is 0 Å². The van der Waals surface area contributed by atoms with Gasteiger partial charge >= 0.3 is 0 Å². The van der Waals surface area contributed by atoms with Gasteiger partial charge in [0.2, 0.25) is 5.91 Å². The highest BCUT2D eigenvalue weighted by atomic mass is 28.4. The molecule has 1 aliphatic heterocycles. The predicted octanol–water partition coefficient (Wildman–Crippen LogP) is 4.82. The van der Waals surface area contributed by atoms with Gasteiger partial charge in [-0.25, -0.2) is 0 Å². The fraction of sp³-hybridized carbons (Fsp3) is 0.895. The van der Waals surface area contributed by atoms with Gasteiger partial charge in [-0.15, -0.1) is 0 Å². The average Bonchev–Trinajstić information content (AvgIpc) is 2.40. The molecule has 25 heavy (non-hydrogen) atoms. The number of hydrogen-bond donors (Lipinski definition) is 0. The molecule has 4 nitrogen and oxygen atoms in total. The lowest BCUT2D eigenvalue weighted by Crippen LogP contribution is -2.72. The molecule has 1 saturated heterocycles. The van der Waals surface area contributed by atoms with E-state index in [1.165, 1.54) is 0 Å². The van der Waals surface area contributed by atoms with E-state index < -0.39 is 16.6 Å². The van der Waals surface area contributed by atoms with Crippen LogP contribution in [-0.2, 0) is 14.0 Å². The number of aldehydes is 1. The van der Waals surface area contributed by atoms with E-state index in [1.54, 1.807) is 0 Å². The minimum Gasteiger partial charge on any atom is -0.417 e. The Bertz CT molecular complexity index is 504. The fourth-order valence-corrected chi connectivity index (χ4v) is 6.61. The van der Waals surface area contributed by atoms with Crippen LogP contribution < -0.4 is 0 Å². The zero-order valence-electron chi connectivity index (χ0n) is 18.0. The monoisotopic (exact) mass is 385 g/mol. The Morgan fingerprint density at radius 2 is 1.56 bits per heavy atom. The highest BCUT2D eigenvalue weighted by molar-refractivity contribution is 6.80. The Morgan fingerprint density at radius 1 is 1.04 bits per heavy atom. The molecule has 1 aliphatic rings. The van der Waals surface area contributed by atoms with E-state index in [-0.39, 0.29) is 27.9 Å². The zero-order valence-corrected chi connectivity index (χ0v) is 20.0. The van der Waals surface area contributed by atoms with Crippen molar-refractivity contribution in [2.24, 2.45) is 5.92 Å². The number of rotatable bonds is 7. The third-order valence-corrected chi connectivity index (χ3v) is 16.8. The van der Waals surface area contributed by atoms with Crippen LogP contribution in [0.3, 0.4) is 0 Å². The van der Waals surface area contributed by atoms with Crippen molar-refractivity contribution in [3.8, 4) is 0 Å². The van der Waals surface area contributed by atoms with Crippen LogP contribution in [0.2, 0.25) is 36.3 Å². The maximum absolute atomic E-state index is 12.9. The van der Waals surface area contributed by atoms with Gasteiger partial charge in [-0.1, -0.05) is 54.6 Å². The minimum absolute atomic E-state index is 0.0518. The maximum Gasteiger partial charge on any atom is 0.220 e. The Labute approximate surface area is 156 Å². The molecule has 0 unspecified atom stereocenters. The largest absolute Gasteiger partial charge is 0.417 e. The second-order valence-corrected chi connectivity index (χ2v) is 20.4. The van der Waals surface area contributed by atoms with Crippen LogP contribution in [-0.4, -0.2) is 46.0 Å². The summed E-state index contributed by atoms with van der Waals surface area (Å²) in [6, 6.07) is 0.0638. The molecule has 0 aromatic heterocycles. The first kappa shape index (κ1) is 22.6. The lowest BCUT2D eigenvalue weighted by atomic mass is 9.86. The molecule has 2 atom stereocenters. The number of carbonyl (C=O) groups is 2. The summed E-state index contributed by atoms with van der Waals surface area (Å²) in [5.41, 5.74) is 0. The Balaban J connectivity index is 2.80. The van der Waals surface area contributed by atoms with Crippen molar-refractivity contribution in [1.82, 2.24) is 4.57 Å². The SMILES string of the molecule is CC(C)(C)[Si](C)(C)OCC[C@H]1C(=O)N([Si](C)(C)C(C)(C)C)[C@@H]1CC=O. The molecule has 0 aromatic rings. The van der Waals surface area contributed by atoms with Crippen molar-refractivity contribution in [3.05, 3.63) is 0 Å². The van der Waals surface area contributed by atoms with Crippen molar-refractivity contribution in [1.29, 1.82) is 0 Å². The van der Waals surface area contributed by atoms with Crippen molar-refractivity contribution in [2.45, 2.75) is 96.7 Å². The molecule has 0 N–H and O–H groups in total. The van der Waals surface area contributed by atoms with E-state index in [9.17, 15) is 9.59 Å². The topological polar surface area (TPSA) is 46.6 Å². The number of β-lactam (4-membered cyclic amide) rings is 1. The predicted molar refractivity (Wildman–Crippen MR) is 110 cm³/mol. The molecule has 1 fully saturated rings. The normalized spacial score (nSPS) is 22.8. The molecule has 0 spiro atoms. The van der Waals surface area contributed by atoms with E-state index in [0.29, 0.717) is 13.0 Å². The standard InChI is InChI=1S/C19H39NO3Si2/c1-18(2,3)24(7,8)20-16(11-13-21)15(17(20)22)12-14-23-25(9,10)19(4,5)6/h13,15-16H,11-12,14H2,1-10H3/t15-,16-/m1/s1. The molecule has 1 heterocycles. The Morgan fingerprint density at radius 3 is 1.96 bits per heavy atom. The van der Waals surface area contributed by atoms with Gasteiger partial charge in [0.15, 0.2) is 16.6 Å². The molecular weight excluding hydrogens is 346 g/mol. The third kappa shape index (κ3) is 4.45. The smallest absolute Gasteiger partial charge is 0.220 e. The molecule has 146 valence electrons. The van der Waals surface area contributed by atoms with Crippen LogP contribution in [0, 0.1) is 5.92 Å². The van der Waals surface area contributed by atoms with E-state index in [2.05, 4.69) is 72.3 Å². The molecule has 1 amide bonds. The average molecular weight is 386 g/mol. The first-order chi connectivity index (χ1) is 11.1. The van der Waals surface area contributed by atoms with Gasteiger partial charge in [-0.2, -0.15) is 0 Å². The molecule has 0 radical (unpaired) electrons. The minimum atomic E-state index is -1.94. The van der Waals surface area contributed by atoms with Crippen LogP contribution in [0.15, 0.2) is 0 Å². The van der Waals surface area contributed by atoms with E-state index in [4.69, 9.17) is 4.43 Å². The van der Waals surface area contributed by atoms with Gasteiger partial charge in [0.1, 0.15) is 6.29 Å². The van der Waals surface area contributed by atoms with Gasteiger partial charge in [0, 0.05) is 19.1 Å². The summed E-state index contributed by atoms with van der Waals surface area (Å²) in [6.07, 6.45) is 2.15. The number of carbonyl (C=O) groups excluding carboxylic acids is 2. The van der Waals surface area contributed by atoms with Gasteiger partial charge in [0.05, 0.1) is 5.92 Å². The summed E-state index contributed by atoms with van der Waals surface area (Å²) in [5, 5.41) is 0.262. The Hall–Kier alpha value is -0.466. The zero-order chi connectivity index (χ0) is 19.8. The quantitative estimate of drug-likeness (QED) is 0.358. The van der Waals surface area contributed by atoms with Crippen molar-refractivity contribution in [2.75, 3.05) is 6.61 Å². The van der Waals surface area contributed by atoms with Crippen molar-refractivity contribution >= 4 is 28.7 Å². The van der Waals surface area contributed by atoms with Crippen molar-refractivity contribution in [3.63, 3.8) is 0 Å². The number of amides is 1. The fourth-order valence-electron chi connectivity index (χ4n) is 3.00. The molecule has 6 heteroatoms. The van der Waals surface area contributed by atoms with E-state index in [0.717, 1.165) is 12.7 Å². The molecule has 0 aromatic carbocycles. The summed E-state index contributed by atoms with van der Waals surface area (Å²) in [4.78, 5) is 24.1. The summed E-state index contributed by atoms with van der Waals surface area (Å²) < 4.78 is 8.34. The number of hydrogen-bond acceptors (Lipinski definition) is 3. The van der Waals surface area contributed by atoms with Gasteiger partial charge in [-0.3, -0.25) is 4.79 Å². The molecular formula is C19H39NO3Si2. The highest BCUT2D eigenvalue weighted by Gasteiger charge is 2.56. The Kier molecular flexibility index (Phi) is 6.57. The van der Waals surface area contributed by atoms with Crippen LogP contribution in [0.4, 0.5) is 0 Å². The van der Waals surface area contributed by atoms with Crippen molar-refractivity contribution < 1.29 is 14.0 Å². The molecule has 0 bridgehead atoms. The van der Waals surface area contributed by atoms with Crippen LogP contribution in [0.5, 0.6) is 0 Å². The first-order valence-corrected chi connectivity index (χ1v) is 15.3. The lowest BCUT2D eigenvalue weighted by Gasteiger charge is -2.58. The third-order valence-electron chi connectivity index (χ3n) is 6.82. The maximum atomic E-state index is 12.9. The summed E-state index contributed by atoms with van der Waals surface area (Å²) in [6.45, 7) is 22.9. The van der Waals surface area contributed by atoms with Gasteiger partial charge in [0.25, 0.3) is 0 Å². The highest BCUT2D eigenvalue weighted by Crippen LogP contribution is 2.46. The first-order valence-electron chi connectivity index (χ1n) is 9.48. The second-order valence-electron chi connectivity index (χ2n) is 10.5.